The van der Waals surface area contributed by atoms with Gasteiger partial charge >= 0.3 is 0 Å². The first kappa shape index (κ1) is 15.0. The van der Waals surface area contributed by atoms with Gasteiger partial charge in [0.05, 0.1) is 12.2 Å². The summed E-state index contributed by atoms with van der Waals surface area (Å²) in [6.45, 7) is 4.00. The molecule has 0 amide bonds. The van der Waals surface area contributed by atoms with Crippen molar-refractivity contribution < 1.29 is 4.74 Å². The molecule has 106 valence electrons. The number of halogens is 1. The Hall–Kier alpha value is -0.380. The third kappa shape index (κ3) is 4.59. The van der Waals surface area contributed by atoms with Gasteiger partial charge in [-0.3, -0.25) is 0 Å². The molecule has 0 spiro atoms. The van der Waals surface area contributed by atoms with Crippen LogP contribution in [0.5, 0.6) is 0 Å². The summed E-state index contributed by atoms with van der Waals surface area (Å²) in [7, 11) is 0. The molecule has 0 heterocycles. The van der Waals surface area contributed by atoms with Gasteiger partial charge in [-0.1, -0.05) is 60.3 Å². The zero-order valence-corrected chi connectivity index (χ0v) is 13.3. The number of hydrogen-bond donors (Lipinski definition) is 1. The van der Waals surface area contributed by atoms with Gasteiger partial charge in [-0.2, -0.15) is 0 Å². The SMILES string of the molecule is CCNCC(OC1CCCCC1)c1ccccc1Br. The Morgan fingerprint density at radius 2 is 2.00 bits per heavy atom. The second-order valence-corrected chi connectivity index (χ2v) is 6.07. The van der Waals surface area contributed by atoms with E-state index in [-0.39, 0.29) is 6.10 Å². The topological polar surface area (TPSA) is 21.3 Å². The Bertz CT molecular complexity index is 377. The van der Waals surface area contributed by atoms with Crippen molar-refractivity contribution in [2.24, 2.45) is 0 Å². The minimum atomic E-state index is 0.152. The van der Waals surface area contributed by atoms with Crippen molar-refractivity contribution in [3.05, 3.63) is 34.3 Å². The Kier molecular flexibility index (Phi) is 6.35. The van der Waals surface area contributed by atoms with E-state index in [9.17, 15) is 0 Å². The van der Waals surface area contributed by atoms with Crippen LogP contribution < -0.4 is 5.32 Å². The highest BCUT2D eigenvalue weighted by molar-refractivity contribution is 9.10. The Morgan fingerprint density at radius 1 is 1.26 bits per heavy atom. The lowest BCUT2D eigenvalue weighted by atomic mass is 9.97. The van der Waals surface area contributed by atoms with Crippen molar-refractivity contribution in [1.29, 1.82) is 0 Å². The lowest BCUT2D eigenvalue weighted by molar-refractivity contribution is -0.0307. The molecule has 1 aliphatic rings. The van der Waals surface area contributed by atoms with Gasteiger partial charge in [0.1, 0.15) is 0 Å². The molecule has 0 saturated heterocycles. The number of rotatable bonds is 6. The molecule has 2 rings (SSSR count). The van der Waals surface area contributed by atoms with E-state index in [4.69, 9.17) is 4.74 Å². The summed E-state index contributed by atoms with van der Waals surface area (Å²) in [6, 6.07) is 8.40. The van der Waals surface area contributed by atoms with Crippen LogP contribution in [-0.2, 0) is 4.74 Å². The molecule has 1 fully saturated rings. The van der Waals surface area contributed by atoms with E-state index in [2.05, 4.69) is 52.4 Å². The summed E-state index contributed by atoms with van der Waals surface area (Å²) < 4.78 is 7.51. The van der Waals surface area contributed by atoms with Gasteiger partial charge in [0.2, 0.25) is 0 Å². The highest BCUT2D eigenvalue weighted by Crippen LogP contribution is 2.30. The average Bonchev–Trinajstić information content (AvgIpc) is 2.45. The summed E-state index contributed by atoms with van der Waals surface area (Å²) >= 11 is 3.65. The molecule has 0 radical (unpaired) electrons. The molecule has 3 heteroatoms. The van der Waals surface area contributed by atoms with Crippen molar-refractivity contribution >= 4 is 15.9 Å². The molecule has 1 saturated carbocycles. The smallest absolute Gasteiger partial charge is 0.0963 e. The molecule has 1 aromatic carbocycles. The van der Waals surface area contributed by atoms with Gasteiger partial charge in [0.15, 0.2) is 0 Å². The van der Waals surface area contributed by atoms with Crippen molar-refractivity contribution in [3.8, 4) is 0 Å². The van der Waals surface area contributed by atoms with Crippen LogP contribution in [0.25, 0.3) is 0 Å². The third-order valence-electron chi connectivity index (χ3n) is 3.74. The van der Waals surface area contributed by atoms with Gasteiger partial charge in [-0.25, -0.2) is 0 Å². The van der Waals surface area contributed by atoms with Crippen molar-refractivity contribution in [3.63, 3.8) is 0 Å². The summed E-state index contributed by atoms with van der Waals surface area (Å²) in [5.41, 5.74) is 1.26. The predicted octanol–water partition coefficient (Wildman–Crippen LogP) is 4.45. The number of benzene rings is 1. The summed E-state index contributed by atoms with van der Waals surface area (Å²) in [5, 5.41) is 3.42. The second-order valence-electron chi connectivity index (χ2n) is 5.21. The van der Waals surface area contributed by atoms with E-state index in [1.54, 1.807) is 0 Å². The lowest BCUT2D eigenvalue weighted by Gasteiger charge is -2.28. The molecule has 0 bridgehead atoms. The van der Waals surface area contributed by atoms with E-state index in [0.717, 1.165) is 17.6 Å². The van der Waals surface area contributed by atoms with Crippen LogP contribution >= 0.6 is 15.9 Å². The van der Waals surface area contributed by atoms with E-state index in [1.807, 2.05) is 0 Å². The van der Waals surface area contributed by atoms with Crippen molar-refractivity contribution in [2.45, 2.75) is 51.2 Å². The van der Waals surface area contributed by atoms with E-state index >= 15 is 0 Å². The Labute approximate surface area is 125 Å². The molecule has 19 heavy (non-hydrogen) atoms. The normalized spacial score (nSPS) is 18.4. The van der Waals surface area contributed by atoms with Crippen LogP contribution in [0.2, 0.25) is 0 Å². The molecule has 1 atom stereocenters. The number of likely N-dealkylation sites (N-methyl/N-ethyl adjacent to an activating group) is 1. The minimum absolute atomic E-state index is 0.152. The third-order valence-corrected chi connectivity index (χ3v) is 4.46. The summed E-state index contributed by atoms with van der Waals surface area (Å²) in [6.07, 6.45) is 7.01. The largest absolute Gasteiger partial charge is 0.369 e. The Morgan fingerprint density at radius 3 is 2.68 bits per heavy atom. The second kappa shape index (κ2) is 8.03. The van der Waals surface area contributed by atoms with Crippen LogP contribution in [0.15, 0.2) is 28.7 Å². The predicted molar refractivity (Wildman–Crippen MR) is 83.4 cm³/mol. The highest BCUT2D eigenvalue weighted by Gasteiger charge is 2.21. The quantitative estimate of drug-likeness (QED) is 0.834. The van der Waals surface area contributed by atoms with Gasteiger partial charge in [0.25, 0.3) is 0 Å². The average molecular weight is 326 g/mol. The number of nitrogens with one attached hydrogen (secondary N) is 1. The van der Waals surface area contributed by atoms with Crippen LogP contribution in [0, 0.1) is 0 Å². The molecule has 0 aliphatic heterocycles. The molecular weight excluding hydrogens is 302 g/mol. The lowest BCUT2D eigenvalue weighted by Crippen LogP contribution is -2.28. The van der Waals surface area contributed by atoms with E-state index in [1.165, 1.54) is 37.7 Å². The zero-order chi connectivity index (χ0) is 13.5. The maximum atomic E-state index is 6.37. The van der Waals surface area contributed by atoms with Crippen LogP contribution in [0.3, 0.4) is 0 Å². The maximum Gasteiger partial charge on any atom is 0.0963 e. The first-order chi connectivity index (χ1) is 9.31. The van der Waals surface area contributed by atoms with Crippen LogP contribution in [0.1, 0.15) is 50.7 Å². The first-order valence-corrected chi connectivity index (χ1v) is 8.21. The van der Waals surface area contributed by atoms with E-state index in [0.29, 0.717) is 6.10 Å². The molecule has 1 aromatic rings. The Balaban J connectivity index is 2.04. The van der Waals surface area contributed by atoms with Gasteiger partial charge in [-0.05, 0) is 31.0 Å². The summed E-state index contributed by atoms with van der Waals surface area (Å²) in [4.78, 5) is 0. The fourth-order valence-electron chi connectivity index (χ4n) is 2.68. The standard InChI is InChI=1S/C16H24BrNO/c1-2-18-12-16(14-10-6-7-11-15(14)17)19-13-8-4-3-5-9-13/h6-7,10-11,13,16,18H,2-5,8-9,12H2,1H3. The molecule has 1 N–H and O–H groups in total. The zero-order valence-electron chi connectivity index (χ0n) is 11.7. The summed E-state index contributed by atoms with van der Waals surface area (Å²) in [5.74, 6) is 0. The monoisotopic (exact) mass is 325 g/mol. The van der Waals surface area contributed by atoms with Crippen molar-refractivity contribution in [2.75, 3.05) is 13.1 Å². The molecule has 1 aliphatic carbocycles. The van der Waals surface area contributed by atoms with Gasteiger partial charge in [-0.15, -0.1) is 0 Å². The van der Waals surface area contributed by atoms with Crippen LogP contribution in [0.4, 0.5) is 0 Å². The molecular formula is C16H24BrNO. The van der Waals surface area contributed by atoms with Crippen LogP contribution in [-0.4, -0.2) is 19.2 Å². The fraction of sp³-hybridized carbons (Fsp3) is 0.625. The highest BCUT2D eigenvalue weighted by atomic mass is 79.9. The van der Waals surface area contributed by atoms with Gasteiger partial charge in [0, 0.05) is 11.0 Å². The molecule has 0 aromatic heterocycles. The maximum absolute atomic E-state index is 6.37. The fourth-order valence-corrected chi connectivity index (χ4v) is 3.22. The molecule has 1 unspecified atom stereocenters. The molecule has 2 nitrogen and oxygen atoms in total. The van der Waals surface area contributed by atoms with E-state index < -0.39 is 0 Å². The first-order valence-electron chi connectivity index (χ1n) is 7.42. The number of ether oxygens (including phenoxy) is 1. The number of hydrogen-bond acceptors (Lipinski definition) is 2. The van der Waals surface area contributed by atoms with Crippen molar-refractivity contribution in [1.82, 2.24) is 5.32 Å². The minimum Gasteiger partial charge on any atom is -0.369 e. The van der Waals surface area contributed by atoms with Gasteiger partial charge < -0.3 is 10.1 Å².